The molecule has 22 heavy (non-hydrogen) atoms. The van der Waals surface area contributed by atoms with Gasteiger partial charge in [0.2, 0.25) is 0 Å². The minimum absolute atomic E-state index is 0.219. The zero-order chi connectivity index (χ0) is 15.4. The smallest absolute Gasteiger partial charge is 0.191 e. The van der Waals surface area contributed by atoms with Gasteiger partial charge in [0.1, 0.15) is 5.82 Å². The molecule has 1 aliphatic heterocycles. The van der Waals surface area contributed by atoms with Gasteiger partial charge in [-0.15, -0.1) is 10.2 Å². The molecule has 2 heterocycles. The third-order valence-corrected chi connectivity index (χ3v) is 4.84. The van der Waals surface area contributed by atoms with E-state index in [9.17, 15) is 4.39 Å². The van der Waals surface area contributed by atoms with Crippen LogP contribution in [0.5, 0.6) is 0 Å². The van der Waals surface area contributed by atoms with Crippen molar-refractivity contribution in [3.8, 4) is 11.4 Å². The first-order valence-electron chi connectivity index (χ1n) is 7.71. The second kappa shape index (κ2) is 7.24. The summed E-state index contributed by atoms with van der Waals surface area (Å²) in [4.78, 5) is 0. The van der Waals surface area contributed by atoms with Crippen LogP contribution in [0.15, 0.2) is 29.4 Å². The maximum absolute atomic E-state index is 13.1. The predicted octanol–water partition coefficient (Wildman–Crippen LogP) is 3.77. The number of thioether (sulfide) groups is 1. The van der Waals surface area contributed by atoms with E-state index in [0.717, 1.165) is 54.7 Å². The zero-order valence-electron chi connectivity index (χ0n) is 12.7. The van der Waals surface area contributed by atoms with Crippen LogP contribution in [0.2, 0.25) is 0 Å². The summed E-state index contributed by atoms with van der Waals surface area (Å²) in [6, 6.07) is 6.41. The Hall–Kier alpha value is -1.40. The summed E-state index contributed by atoms with van der Waals surface area (Å²) >= 11 is 1.71. The van der Waals surface area contributed by atoms with E-state index < -0.39 is 0 Å². The van der Waals surface area contributed by atoms with Crippen molar-refractivity contribution in [3.63, 3.8) is 0 Å². The summed E-state index contributed by atoms with van der Waals surface area (Å²) in [5.74, 6) is 1.55. The molecule has 0 N–H and O–H groups in total. The SMILES string of the molecule is CCCSc1nnc(-c2ccc(F)cc2)n1CC1CCCO1. The molecule has 0 saturated carbocycles. The van der Waals surface area contributed by atoms with E-state index in [-0.39, 0.29) is 11.9 Å². The van der Waals surface area contributed by atoms with E-state index in [0.29, 0.717) is 0 Å². The summed E-state index contributed by atoms with van der Waals surface area (Å²) in [5, 5.41) is 9.56. The molecule has 1 atom stereocenters. The first-order valence-corrected chi connectivity index (χ1v) is 8.70. The fraction of sp³-hybridized carbons (Fsp3) is 0.500. The summed E-state index contributed by atoms with van der Waals surface area (Å²) in [7, 11) is 0. The van der Waals surface area contributed by atoms with Crippen molar-refractivity contribution in [2.24, 2.45) is 0 Å². The standard InChI is InChI=1S/C16H20FN3OS/c1-2-10-22-16-19-18-15(12-5-7-13(17)8-6-12)20(16)11-14-4-3-9-21-14/h5-8,14H,2-4,9-11H2,1H3. The summed E-state index contributed by atoms with van der Waals surface area (Å²) in [5.41, 5.74) is 0.884. The molecule has 118 valence electrons. The van der Waals surface area contributed by atoms with Crippen molar-refractivity contribution in [1.82, 2.24) is 14.8 Å². The third kappa shape index (κ3) is 3.50. The lowest BCUT2D eigenvalue weighted by Gasteiger charge is -2.14. The molecule has 0 spiro atoms. The molecule has 1 aromatic heterocycles. The molecule has 6 heteroatoms. The molecule has 4 nitrogen and oxygen atoms in total. The molecular weight excluding hydrogens is 301 g/mol. The van der Waals surface area contributed by atoms with Gasteiger partial charge in [0.05, 0.1) is 12.6 Å². The highest BCUT2D eigenvalue weighted by Crippen LogP contribution is 2.26. The van der Waals surface area contributed by atoms with Gasteiger partial charge < -0.3 is 4.74 Å². The average molecular weight is 321 g/mol. The van der Waals surface area contributed by atoms with Crippen molar-refractivity contribution in [2.45, 2.75) is 44.0 Å². The van der Waals surface area contributed by atoms with Gasteiger partial charge in [0.15, 0.2) is 11.0 Å². The third-order valence-electron chi connectivity index (χ3n) is 3.66. The second-order valence-corrected chi connectivity index (χ2v) is 6.47. The topological polar surface area (TPSA) is 39.9 Å². The van der Waals surface area contributed by atoms with E-state index >= 15 is 0 Å². The monoisotopic (exact) mass is 321 g/mol. The van der Waals surface area contributed by atoms with Crippen molar-refractivity contribution in [2.75, 3.05) is 12.4 Å². The summed E-state index contributed by atoms with van der Waals surface area (Å²) < 4.78 is 21.0. The largest absolute Gasteiger partial charge is 0.376 e. The lowest BCUT2D eigenvalue weighted by Crippen LogP contribution is -2.16. The number of halogens is 1. The highest BCUT2D eigenvalue weighted by Gasteiger charge is 2.21. The van der Waals surface area contributed by atoms with Crippen LogP contribution < -0.4 is 0 Å². The van der Waals surface area contributed by atoms with Gasteiger partial charge in [0, 0.05) is 17.9 Å². The molecular formula is C16H20FN3OS. The fourth-order valence-electron chi connectivity index (χ4n) is 2.56. The Kier molecular flexibility index (Phi) is 5.10. The minimum atomic E-state index is -0.241. The molecule has 0 amide bonds. The summed E-state index contributed by atoms with van der Waals surface area (Å²) in [6.07, 6.45) is 3.48. The van der Waals surface area contributed by atoms with E-state index in [1.54, 1.807) is 23.9 Å². The molecule has 1 saturated heterocycles. The van der Waals surface area contributed by atoms with Crippen LogP contribution in [-0.2, 0) is 11.3 Å². The van der Waals surface area contributed by atoms with Crippen LogP contribution in [-0.4, -0.2) is 33.2 Å². The molecule has 0 aliphatic carbocycles. The van der Waals surface area contributed by atoms with E-state index in [1.165, 1.54) is 12.1 Å². The highest BCUT2D eigenvalue weighted by atomic mass is 32.2. The quantitative estimate of drug-likeness (QED) is 0.760. The molecule has 0 bridgehead atoms. The van der Waals surface area contributed by atoms with E-state index in [1.807, 2.05) is 0 Å². The molecule has 2 aromatic rings. The predicted molar refractivity (Wildman–Crippen MR) is 85.4 cm³/mol. The lowest BCUT2D eigenvalue weighted by molar-refractivity contribution is 0.0953. The van der Waals surface area contributed by atoms with Crippen molar-refractivity contribution < 1.29 is 9.13 Å². The van der Waals surface area contributed by atoms with Crippen LogP contribution in [0.3, 0.4) is 0 Å². The number of benzene rings is 1. The Morgan fingerprint density at radius 2 is 2.14 bits per heavy atom. The number of aromatic nitrogens is 3. The molecule has 0 radical (unpaired) electrons. The van der Waals surface area contributed by atoms with Crippen LogP contribution in [0.1, 0.15) is 26.2 Å². The fourth-order valence-corrected chi connectivity index (χ4v) is 3.36. The first-order chi connectivity index (χ1) is 10.8. The Bertz CT molecular complexity index is 608. The molecule has 1 unspecified atom stereocenters. The van der Waals surface area contributed by atoms with Gasteiger partial charge >= 0.3 is 0 Å². The van der Waals surface area contributed by atoms with E-state index in [2.05, 4.69) is 21.7 Å². The Balaban J connectivity index is 1.90. The van der Waals surface area contributed by atoms with Gasteiger partial charge in [-0.2, -0.15) is 0 Å². The number of nitrogens with zero attached hydrogens (tertiary/aromatic N) is 3. The number of hydrogen-bond donors (Lipinski definition) is 0. The Morgan fingerprint density at radius 1 is 1.32 bits per heavy atom. The second-order valence-electron chi connectivity index (χ2n) is 5.41. The van der Waals surface area contributed by atoms with Crippen molar-refractivity contribution >= 4 is 11.8 Å². The number of rotatable bonds is 6. The number of ether oxygens (including phenoxy) is 1. The van der Waals surface area contributed by atoms with E-state index in [4.69, 9.17) is 4.74 Å². The Morgan fingerprint density at radius 3 is 2.82 bits per heavy atom. The van der Waals surface area contributed by atoms with Crippen LogP contribution in [0.25, 0.3) is 11.4 Å². The lowest BCUT2D eigenvalue weighted by atomic mass is 10.2. The zero-order valence-corrected chi connectivity index (χ0v) is 13.5. The van der Waals surface area contributed by atoms with Crippen molar-refractivity contribution in [1.29, 1.82) is 0 Å². The molecule has 1 aromatic carbocycles. The normalized spacial score (nSPS) is 18.0. The van der Waals surface area contributed by atoms with Crippen LogP contribution in [0, 0.1) is 5.82 Å². The van der Waals surface area contributed by atoms with Gasteiger partial charge in [-0.1, -0.05) is 18.7 Å². The first kappa shape index (κ1) is 15.5. The Labute approximate surface area is 134 Å². The van der Waals surface area contributed by atoms with Crippen molar-refractivity contribution in [3.05, 3.63) is 30.1 Å². The van der Waals surface area contributed by atoms with Gasteiger partial charge in [0.25, 0.3) is 0 Å². The maximum atomic E-state index is 13.1. The van der Waals surface area contributed by atoms with Gasteiger partial charge in [-0.25, -0.2) is 4.39 Å². The molecule has 1 fully saturated rings. The minimum Gasteiger partial charge on any atom is -0.376 e. The van der Waals surface area contributed by atoms with Gasteiger partial charge in [-0.05, 0) is 43.5 Å². The molecule has 3 rings (SSSR count). The highest BCUT2D eigenvalue weighted by molar-refractivity contribution is 7.99. The van der Waals surface area contributed by atoms with Gasteiger partial charge in [-0.3, -0.25) is 4.57 Å². The molecule has 1 aliphatic rings. The summed E-state index contributed by atoms with van der Waals surface area (Å²) in [6.45, 7) is 3.73. The van der Waals surface area contributed by atoms with Crippen LogP contribution in [0.4, 0.5) is 4.39 Å². The van der Waals surface area contributed by atoms with Crippen LogP contribution >= 0.6 is 11.8 Å². The maximum Gasteiger partial charge on any atom is 0.191 e. The average Bonchev–Trinajstić information content (AvgIpc) is 3.17. The number of hydrogen-bond acceptors (Lipinski definition) is 4.